The van der Waals surface area contributed by atoms with Crippen molar-refractivity contribution in [3.05, 3.63) is 0 Å². The molecular weight excluding hydrogens is 162 g/mol. The molecule has 5 heteroatoms. The van der Waals surface area contributed by atoms with E-state index in [9.17, 15) is 14.4 Å². The minimum absolute atomic E-state index is 0.263. The maximum Gasteiger partial charge on any atom is 0.314 e. The summed E-state index contributed by atoms with van der Waals surface area (Å²) in [6, 6.07) is 0. The van der Waals surface area contributed by atoms with Gasteiger partial charge in [0.25, 0.3) is 0 Å². The Morgan fingerprint density at radius 3 is 1.67 bits per heavy atom. The summed E-state index contributed by atoms with van der Waals surface area (Å²) in [6.07, 6.45) is 1.28. The van der Waals surface area contributed by atoms with Crippen LogP contribution < -0.4 is 0 Å². The van der Waals surface area contributed by atoms with E-state index in [0.29, 0.717) is 0 Å². The molecule has 1 aliphatic heterocycles. The largest absolute Gasteiger partial charge is 0.393 e. The van der Waals surface area contributed by atoms with Gasteiger partial charge in [-0.25, -0.2) is 0 Å². The smallest absolute Gasteiger partial charge is 0.314 e. The molecule has 0 radical (unpaired) electrons. The monoisotopic (exact) mass is 173 g/mol. The Kier molecular flexibility index (Phi) is 4.67. The lowest BCUT2D eigenvalue weighted by Gasteiger charge is -1.93. The molecule has 0 aliphatic carbocycles. The van der Waals surface area contributed by atoms with E-state index in [2.05, 4.69) is 4.74 Å². The quantitative estimate of drug-likeness (QED) is 0.306. The van der Waals surface area contributed by atoms with Crippen molar-refractivity contribution in [3.8, 4) is 0 Å². The van der Waals surface area contributed by atoms with Gasteiger partial charge in [-0.1, -0.05) is 0 Å². The van der Waals surface area contributed by atoms with E-state index in [0.717, 1.165) is 6.41 Å². The highest BCUT2D eigenvalue weighted by Crippen LogP contribution is 2.03. The Morgan fingerprint density at radius 1 is 1.25 bits per heavy atom. The number of carbonyl (C=O) groups is 3. The summed E-state index contributed by atoms with van der Waals surface area (Å²) in [4.78, 5) is 30.9. The summed E-state index contributed by atoms with van der Waals surface area (Å²) in [5, 5.41) is 0. The second kappa shape index (κ2) is 5.29. The number of esters is 2. The van der Waals surface area contributed by atoms with Gasteiger partial charge in [0.05, 0.1) is 12.8 Å². The van der Waals surface area contributed by atoms with Gasteiger partial charge < -0.3 is 9.64 Å². The van der Waals surface area contributed by atoms with Gasteiger partial charge in [-0.2, -0.15) is 0 Å². The summed E-state index contributed by atoms with van der Waals surface area (Å²) in [5.41, 5.74) is 0. The fourth-order valence-electron chi connectivity index (χ4n) is 0.433. The summed E-state index contributed by atoms with van der Waals surface area (Å²) < 4.78 is 4.08. The minimum Gasteiger partial charge on any atom is -0.393 e. The van der Waals surface area contributed by atoms with Crippen LogP contribution in [0.25, 0.3) is 0 Å². The van der Waals surface area contributed by atoms with Gasteiger partial charge in [0.1, 0.15) is 0 Å². The molecule has 0 bridgehead atoms. The zero-order valence-electron chi connectivity index (χ0n) is 7.07. The Hall–Kier alpha value is -1.39. The van der Waals surface area contributed by atoms with Gasteiger partial charge in [0, 0.05) is 14.1 Å². The van der Waals surface area contributed by atoms with Gasteiger partial charge in [-0.3, -0.25) is 14.4 Å². The van der Waals surface area contributed by atoms with Crippen molar-refractivity contribution in [2.75, 3.05) is 14.1 Å². The third kappa shape index (κ3) is 5.40. The zero-order valence-corrected chi connectivity index (χ0v) is 7.07. The predicted octanol–water partition coefficient (Wildman–Crippen LogP) is -0.446. The zero-order chi connectivity index (χ0) is 9.56. The number of cyclic esters (lactones) is 2. The molecule has 1 rings (SSSR count). The number of hydrogen-bond acceptors (Lipinski definition) is 4. The van der Waals surface area contributed by atoms with Crippen LogP contribution in [-0.2, 0) is 19.1 Å². The lowest BCUT2D eigenvalue weighted by atomic mass is 10.4. The maximum absolute atomic E-state index is 10.0. The lowest BCUT2D eigenvalue weighted by molar-refractivity contribution is -0.152. The Morgan fingerprint density at radius 2 is 1.58 bits per heavy atom. The Labute approximate surface area is 70.3 Å². The topological polar surface area (TPSA) is 63.7 Å². The van der Waals surface area contributed by atoms with Gasteiger partial charge in [-0.15, -0.1) is 0 Å². The summed E-state index contributed by atoms with van der Waals surface area (Å²) >= 11 is 0. The molecule has 68 valence electrons. The van der Waals surface area contributed by atoms with E-state index in [1.807, 2.05) is 0 Å². The first-order valence-corrected chi connectivity index (χ1v) is 3.41. The molecule has 0 spiro atoms. The molecule has 1 fully saturated rings. The summed E-state index contributed by atoms with van der Waals surface area (Å²) in [7, 11) is 3.38. The van der Waals surface area contributed by atoms with Crippen LogP contribution in [0.15, 0.2) is 0 Å². The molecule has 0 saturated carbocycles. The summed E-state index contributed by atoms with van der Waals surface area (Å²) in [6.45, 7) is 0. The number of nitrogens with zero attached hydrogens (tertiary/aromatic N) is 1. The van der Waals surface area contributed by atoms with Gasteiger partial charge >= 0.3 is 11.9 Å². The third-order valence-electron chi connectivity index (χ3n) is 0.972. The van der Waals surface area contributed by atoms with Crippen LogP contribution in [0.1, 0.15) is 12.8 Å². The third-order valence-corrected chi connectivity index (χ3v) is 0.972. The molecule has 0 aromatic heterocycles. The minimum atomic E-state index is -0.398. The molecule has 5 nitrogen and oxygen atoms in total. The van der Waals surface area contributed by atoms with Crippen LogP contribution in [0, 0.1) is 0 Å². The molecule has 0 aromatic rings. The van der Waals surface area contributed by atoms with Crippen LogP contribution in [0.5, 0.6) is 0 Å². The van der Waals surface area contributed by atoms with Crippen LogP contribution in [0.4, 0.5) is 0 Å². The molecule has 1 aliphatic rings. The molecule has 12 heavy (non-hydrogen) atoms. The van der Waals surface area contributed by atoms with Crippen molar-refractivity contribution < 1.29 is 19.1 Å². The van der Waals surface area contributed by atoms with Crippen LogP contribution in [0.3, 0.4) is 0 Å². The van der Waals surface area contributed by atoms with Crippen molar-refractivity contribution in [1.82, 2.24) is 4.90 Å². The van der Waals surface area contributed by atoms with E-state index >= 15 is 0 Å². The molecule has 0 N–H and O–H groups in total. The standard InChI is InChI=1S/C4H4O3.C3H7NO/c5-3-1-2-4(6)7-3;1-4(2)3-5/h1-2H2;3H,1-2H3. The van der Waals surface area contributed by atoms with E-state index < -0.39 is 11.9 Å². The second-order valence-corrected chi connectivity index (χ2v) is 2.42. The fourth-order valence-corrected chi connectivity index (χ4v) is 0.433. The van der Waals surface area contributed by atoms with Gasteiger partial charge in [0.15, 0.2) is 0 Å². The SMILES string of the molecule is CN(C)C=O.O=C1CCC(=O)O1. The molecule has 0 aromatic carbocycles. The number of hydrogen-bond donors (Lipinski definition) is 0. The van der Waals surface area contributed by atoms with Crippen molar-refractivity contribution in [3.63, 3.8) is 0 Å². The normalized spacial score (nSPS) is 14.5. The van der Waals surface area contributed by atoms with Crippen molar-refractivity contribution in [1.29, 1.82) is 0 Å². The number of rotatable bonds is 1. The number of carbonyl (C=O) groups excluding carboxylic acids is 3. The average Bonchev–Trinajstić information content (AvgIpc) is 2.36. The summed E-state index contributed by atoms with van der Waals surface area (Å²) in [5.74, 6) is -0.796. The molecule has 1 saturated heterocycles. The predicted molar refractivity (Wildman–Crippen MR) is 40.1 cm³/mol. The van der Waals surface area contributed by atoms with E-state index in [1.165, 1.54) is 4.90 Å². The Balaban J connectivity index is 0.000000217. The van der Waals surface area contributed by atoms with Gasteiger partial charge in [0.2, 0.25) is 6.41 Å². The number of ether oxygens (including phenoxy) is 1. The van der Waals surface area contributed by atoms with Crippen LogP contribution >= 0.6 is 0 Å². The molecule has 0 unspecified atom stereocenters. The Bertz CT molecular complexity index is 174. The van der Waals surface area contributed by atoms with Crippen molar-refractivity contribution in [2.24, 2.45) is 0 Å². The molecule has 0 atom stereocenters. The second-order valence-electron chi connectivity index (χ2n) is 2.42. The molecule has 1 heterocycles. The lowest BCUT2D eigenvalue weighted by Crippen LogP contribution is -2.06. The highest BCUT2D eigenvalue weighted by atomic mass is 16.6. The first kappa shape index (κ1) is 10.6. The van der Waals surface area contributed by atoms with Crippen LogP contribution in [0.2, 0.25) is 0 Å². The van der Waals surface area contributed by atoms with E-state index in [4.69, 9.17) is 0 Å². The average molecular weight is 173 g/mol. The molecule has 1 amide bonds. The first-order valence-electron chi connectivity index (χ1n) is 3.41. The number of amides is 1. The highest BCUT2D eigenvalue weighted by Gasteiger charge is 2.19. The van der Waals surface area contributed by atoms with Crippen molar-refractivity contribution in [2.45, 2.75) is 12.8 Å². The fraction of sp³-hybridized carbons (Fsp3) is 0.571. The maximum atomic E-state index is 10.0. The van der Waals surface area contributed by atoms with Crippen LogP contribution in [-0.4, -0.2) is 37.3 Å². The van der Waals surface area contributed by atoms with Crippen molar-refractivity contribution >= 4 is 18.3 Å². The molecular formula is C7H11NO4. The van der Waals surface area contributed by atoms with E-state index in [1.54, 1.807) is 14.1 Å². The van der Waals surface area contributed by atoms with E-state index in [-0.39, 0.29) is 12.8 Å². The highest BCUT2D eigenvalue weighted by molar-refractivity contribution is 5.92. The first-order chi connectivity index (χ1) is 5.56. The van der Waals surface area contributed by atoms with Gasteiger partial charge in [-0.05, 0) is 0 Å².